The highest BCUT2D eigenvalue weighted by atomic mass is 15.2. The number of nitrogens with one attached hydrogen (secondary N) is 1. The minimum Gasteiger partial charge on any atom is -0.312 e. The summed E-state index contributed by atoms with van der Waals surface area (Å²) in [5.74, 6) is 0.985. The van der Waals surface area contributed by atoms with Crippen LogP contribution in [-0.4, -0.2) is 37.1 Å². The lowest BCUT2D eigenvalue weighted by molar-refractivity contribution is 0.263. The van der Waals surface area contributed by atoms with Crippen molar-refractivity contribution in [3.8, 4) is 0 Å². The molecule has 0 amide bonds. The first-order valence-electron chi connectivity index (χ1n) is 5.97. The van der Waals surface area contributed by atoms with Gasteiger partial charge in [-0.25, -0.2) is 0 Å². The van der Waals surface area contributed by atoms with Gasteiger partial charge in [0.25, 0.3) is 0 Å². The molecule has 0 aromatic heterocycles. The fraction of sp³-hybridized carbons (Fsp3) is 0.833. The summed E-state index contributed by atoms with van der Waals surface area (Å²) in [7, 11) is 0. The van der Waals surface area contributed by atoms with Gasteiger partial charge < -0.3 is 10.2 Å². The van der Waals surface area contributed by atoms with E-state index in [0.717, 1.165) is 18.4 Å². The van der Waals surface area contributed by atoms with Crippen molar-refractivity contribution in [3.05, 3.63) is 12.7 Å². The number of rotatable bonds is 4. The molecule has 2 nitrogen and oxygen atoms in total. The smallest absolute Gasteiger partial charge is 0.0223 e. The molecule has 14 heavy (non-hydrogen) atoms. The quantitative estimate of drug-likeness (QED) is 0.684. The predicted molar refractivity (Wildman–Crippen MR) is 60.4 cm³/mol. The molecule has 1 saturated heterocycles. The lowest BCUT2D eigenvalue weighted by atomic mass is 10.2. The summed E-state index contributed by atoms with van der Waals surface area (Å²) in [5.41, 5.74) is 0. The lowest BCUT2D eigenvalue weighted by Gasteiger charge is -2.23. The maximum Gasteiger partial charge on any atom is 0.0223 e. The third kappa shape index (κ3) is 2.82. The zero-order valence-corrected chi connectivity index (χ0v) is 9.04. The standard InChI is InChI=1S/C12H22N2/c1-2-3-8-14-9-4-7-13-12(10-14)11-5-6-11/h2,11-13H,1,3-10H2. The molecule has 2 fully saturated rings. The summed E-state index contributed by atoms with van der Waals surface area (Å²) in [5, 5.41) is 3.68. The molecule has 1 N–H and O–H groups in total. The summed E-state index contributed by atoms with van der Waals surface area (Å²) < 4.78 is 0. The molecule has 2 heteroatoms. The average Bonchev–Trinajstić information content (AvgIpc) is 3.00. The van der Waals surface area contributed by atoms with Crippen LogP contribution >= 0.6 is 0 Å². The van der Waals surface area contributed by atoms with Crippen molar-refractivity contribution in [2.75, 3.05) is 26.2 Å². The van der Waals surface area contributed by atoms with Crippen LogP contribution in [0.3, 0.4) is 0 Å². The van der Waals surface area contributed by atoms with Crippen LogP contribution in [-0.2, 0) is 0 Å². The van der Waals surface area contributed by atoms with Gasteiger partial charge in [0.2, 0.25) is 0 Å². The Kier molecular flexibility index (Phi) is 3.60. The molecular formula is C12H22N2. The Hall–Kier alpha value is -0.340. The first-order valence-corrected chi connectivity index (χ1v) is 5.97. The maximum atomic E-state index is 3.79. The topological polar surface area (TPSA) is 15.3 Å². The Labute approximate surface area is 87.4 Å². The summed E-state index contributed by atoms with van der Waals surface area (Å²) in [6, 6.07) is 0.780. The minimum atomic E-state index is 0.780. The van der Waals surface area contributed by atoms with E-state index in [1.54, 1.807) is 0 Å². The molecule has 1 saturated carbocycles. The molecule has 1 unspecified atom stereocenters. The van der Waals surface area contributed by atoms with Gasteiger partial charge in [0.15, 0.2) is 0 Å². The van der Waals surface area contributed by atoms with Gasteiger partial charge in [-0.1, -0.05) is 6.08 Å². The van der Waals surface area contributed by atoms with Crippen molar-refractivity contribution in [2.24, 2.45) is 5.92 Å². The van der Waals surface area contributed by atoms with E-state index < -0.39 is 0 Å². The van der Waals surface area contributed by atoms with Gasteiger partial charge in [0.1, 0.15) is 0 Å². The molecule has 0 radical (unpaired) electrons. The number of hydrogen-bond acceptors (Lipinski definition) is 2. The molecule has 1 aliphatic heterocycles. The fourth-order valence-electron chi connectivity index (χ4n) is 2.32. The van der Waals surface area contributed by atoms with E-state index in [9.17, 15) is 0 Å². The van der Waals surface area contributed by atoms with Crippen LogP contribution in [0.5, 0.6) is 0 Å². The van der Waals surface area contributed by atoms with Crippen molar-refractivity contribution in [3.63, 3.8) is 0 Å². The molecule has 0 bridgehead atoms. The molecule has 1 heterocycles. The second-order valence-corrected chi connectivity index (χ2v) is 4.63. The van der Waals surface area contributed by atoms with Gasteiger partial charge in [0, 0.05) is 19.1 Å². The van der Waals surface area contributed by atoms with Crippen LogP contribution in [0.4, 0.5) is 0 Å². The highest BCUT2D eigenvalue weighted by molar-refractivity contribution is 4.90. The van der Waals surface area contributed by atoms with Gasteiger partial charge in [-0.15, -0.1) is 6.58 Å². The Morgan fingerprint density at radius 3 is 3.00 bits per heavy atom. The van der Waals surface area contributed by atoms with E-state index in [1.807, 2.05) is 6.08 Å². The van der Waals surface area contributed by atoms with E-state index in [0.29, 0.717) is 0 Å². The van der Waals surface area contributed by atoms with Crippen molar-refractivity contribution < 1.29 is 0 Å². The molecular weight excluding hydrogens is 172 g/mol. The van der Waals surface area contributed by atoms with Gasteiger partial charge in [-0.2, -0.15) is 0 Å². The minimum absolute atomic E-state index is 0.780. The molecule has 2 aliphatic rings. The average molecular weight is 194 g/mol. The van der Waals surface area contributed by atoms with Crippen LogP contribution in [0, 0.1) is 5.92 Å². The number of hydrogen-bond donors (Lipinski definition) is 1. The van der Waals surface area contributed by atoms with E-state index in [-0.39, 0.29) is 0 Å². The SMILES string of the molecule is C=CCCN1CCCNC(C2CC2)C1. The second-order valence-electron chi connectivity index (χ2n) is 4.63. The Balaban J connectivity index is 1.80. The van der Waals surface area contributed by atoms with Crippen molar-refractivity contribution >= 4 is 0 Å². The van der Waals surface area contributed by atoms with Crippen LogP contribution in [0.2, 0.25) is 0 Å². The second kappa shape index (κ2) is 4.94. The summed E-state index contributed by atoms with van der Waals surface area (Å²) in [6.07, 6.45) is 7.38. The fourth-order valence-corrected chi connectivity index (χ4v) is 2.32. The Bertz CT molecular complexity index is 187. The zero-order chi connectivity index (χ0) is 9.80. The van der Waals surface area contributed by atoms with Crippen molar-refractivity contribution in [1.29, 1.82) is 0 Å². The Morgan fingerprint density at radius 1 is 1.43 bits per heavy atom. The molecule has 1 aliphatic carbocycles. The summed E-state index contributed by atoms with van der Waals surface area (Å²) in [6.45, 7) is 8.74. The van der Waals surface area contributed by atoms with Gasteiger partial charge in [-0.05, 0) is 44.7 Å². The molecule has 80 valence electrons. The lowest BCUT2D eigenvalue weighted by Crippen LogP contribution is -2.39. The first-order chi connectivity index (χ1) is 6.90. The van der Waals surface area contributed by atoms with Crippen molar-refractivity contribution in [1.82, 2.24) is 10.2 Å². The largest absolute Gasteiger partial charge is 0.312 e. The third-order valence-corrected chi connectivity index (χ3v) is 3.35. The van der Waals surface area contributed by atoms with E-state index in [2.05, 4.69) is 16.8 Å². The van der Waals surface area contributed by atoms with Crippen LogP contribution in [0.1, 0.15) is 25.7 Å². The summed E-state index contributed by atoms with van der Waals surface area (Å²) in [4.78, 5) is 2.60. The number of nitrogens with zero attached hydrogens (tertiary/aromatic N) is 1. The van der Waals surface area contributed by atoms with Crippen molar-refractivity contribution in [2.45, 2.75) is 31.7 Å². The van der Waals surface area contributed by atoms with Gasteiger partial charge >= 0.3 is 0 Å². The third-order valence-electron chi connectivity index (χ3n) is 3.35. The maximum absolute atomic E-state index is 3.79. The summed E-state index contributed by atoms with van der Waals surface area (Å²) >= 11 is 0. The van der Waals surface area contributed by atoms with Gasteiger partial charge in [-0.3, -0.25) is 0 Å². The van der Waals surface area contributed by atoms with Gasteiger partial charge in [0.05, 0.1) is 0 Å². The molecule has 2 rings (SSSR count). The van der Waals surface area contributed by atoms with E-state index >= 15 is 0 Å². The van der Waals surface area contributed by atoms with Crippen LogP contribution in [0.15, 0.2) is 12.7 Å². The Morgan fingerprint density at radius 2 is 2.29 bits per heavy atom. The van der Waals surface area contributed by atoms with E-state index in [1.165, 1.54) is 45.4 Å². The molecule has 0 spiro atoms. The molecule has 0 aromatic rings. The monoisotopic (exact) mass is 194 g/mol. The first kappa shape index (κ1) is 10.2. The zero-order valence-electron chi connectivity index (χ0n) is 9.04. The van der Waals surface area contributed by atoms with E-state index in [4.69, 9.17) is 0 Å². The molecule has 1 atom stereocenters. The highest BCUT2D eigenvalue weighted by Crippen LogP contribution is 2.33. The molecule has 0 aromatic carbocycles. The van der Waals surface area contributed by atoms with Crippen LogP contribution < -0.4 is 5.32 Å². The normalized spacial score (nSPS) is 29.9. The highest BCUT2D eigenvalue weighted by Gasteiger charge is 2.32. The predicted octanol–water partition coefficient (Wildman–Crippen LogP) is 1.64. The van der Waals surface area contributed by atoms with Crippen LogP contribution in [0.25, 0.3) is 0 Å².